The molecule has 1 atom stereocenters. The highest BCUT2D eigenvalue weighted by atomic mass is 19.2. The van der Waals surface area contributed by atoms with Crippen LogP contribution in [0.1, 0.15) is 17.2 Å². The highest BCUT2D eigenvalue weighted by molar-refractivity contribution is 5.76. The fourth-order valence-corrected chi connectivity index (χ4v) is 1.57. The van der Waals surface area contributed by atoms with Gasteiger partial charge in [-0.15, -0.1) is 0 Å². The minimum Gasteiger partial charge on any atom is -0.336 e. The molecule has 1 saturated heterocycles. The molecule has 1 aromatic rings. The Morgan fingerprint density at radius 2 is 2.07 bits per heavy atom. The Balaban J connectivity index is 2.37. The summed E-state index contributed by atoms with van der Waals surface area (Å²) in [5.41, 5.74) is 0.435. The summed E-state index contributed by atoms with van der Waals surface area (Å²) in [5.74, 6) is -1.74. The minimum absolute atomic E-state index is 0.177. The zero-order valence-electron chi connectivity index (χ0n) is 8.10. The molecule has 0 radical (unpaired) electrons. The number of urea groups is 1. The largest absolute Gasteiger partial charge is 0.336 e. The van der Waals surface area contributed by atoms with Gasteiger partial charge in [0.2, 0.25) is 0 Å². The van der Waals surface area contributed by atoms with E-state index in [9.17, 15) is 13.6 Å². The minimum atomic E-state index is -0.885. The standard InChI is InChI=1S/C10H10F2N2O/c1-5-2-3-6(9(12)8(5)11)7-4-13-10(15)14-7/h2-3,7H,4H2,1H3,(H2,13,14,15)/t7-/m1/s1. The van der Waals surface area contributed by atoms with Crippen molar-refractivity contribution < 1.29 is 13.6 Å². The third kappa shape index (κ3) is 1.65. The molecule has 2 rings (SSSR count). The topological polar surface area (TPSA) is 41.1 Å². The van der Waals surface area contributed by atoms with Crippen molar-refractivity contribution in [3.8, 4) is 0 Å². The molecule has 0 aliphatic carbocycles. The number of aryl methyl sites for hydroxylation is 1. The third-order valence-corrected chi connectivity index (χ3v) is 2.45. The molecule has 3 nitrogen and oxygen atoms in total. The van der Waals surface area contributed by atoms with Gasteiger partial charge in [0.15, 0.2) is 11.6 Å². The van der Waals surface area contributed by atoms with Gasteiger partial charge < -0.3 is 10.6 Å². The summed E-state index contributed by atoms with van der Waals surface area (Å²) >= 11 is 0. The lowest BCUT2D eigenvalue weighted by Crippen LogP contribution is -2.22. The van der Waals surface area contributed by atoms with Gasteiger partial charge in [0.1, 0.15) is 0 Å². The van der Waals surface area contributed by atoms with E-state index in [0.29, 0.717) is 0 Å². The second-order valence-electron chi connectivity index (χ2n) is 3.51. The highest BCUT2D eigenvalue weighted by Crippen LogP contribution is 2.22. The maximum absolute atomic E-state index is 13.5. The van der Waals surface area contributed by atoms with Gasteiger partial charge in [-0.25, -0.2) is 13.6 Å². The van der Waals surface area contributed by atoms with Gasteiger partial charge in [0, 0.05) is 12.1 Å². The second kappa shape index (κ2) is 3.49. The van der Waals surface area contributed by atoms with Gasteiger partial charge in [-0.2, -0.15) is 0 Å². The zero-order valence-corrected chi connectivity index (χ0v) is 8.10. The molecule has 0 aromatic heterocycles. The van der Waals surface area contributed by atoms with Gasteiger partial charge >= 0.3 is 6.03 Å². The Labute approximate surface area is 85.5 Å². The molecule has 80 valence electrons. The number of nitrogens with one attached hydrogen (secondary N) is 2. The van der Waals surface area contributed by atoms with Crippen molar-refractivity contribution in [1.82, 2.24) is 10.6 Å². The summed E-state index contributed by atoms with van der Waals surface area (Å²) < 4.78 is 26.7. The lowest BCUT2D eigenvalue weighted by atomic mass is 10.0. The Kier molecular flexibility index (Phi) is 2.30. The number of amides is 2. The lowest BCUT2D eigenvalue weighted by molar-refractivity contribution is 0.247. The summed E-state index contributed by atoms with van der Waals surface area (Å²) in [6.07, 6.45) is 0. The van der Waals surface area contributed by atoms with Gasteiger partial charge in [-0.3, -0.25) is 0 Å². The van der Waals surface area contributed by atoms with E-state index in [1.165, 1.54) is 19.1 Å². The van der Waals surface area contributed by atoms with Crippen LogP contribution < -0.4 is 10.6 Å². The Bertz CT molecular complexity index is 420. The molecular formula is C10H10F2N2O. The molecule has 0 unspecified atom stereocenters. The second-order valence-corrected chi connectivity index (χ2v) is 3.51. The molecule has 0 spiro atoms. The number of hydrogen-bond donors (Lipinski definition) is 2. The van der Waals surface area contributed by atoms with E-state index < -0.39 is 17.7 Å². The quantitative estimate of drug-likeness (QED) is 0.729. The molecular weight excluding hydrogens is 202 g/mol. The molecule has 1 fully saturated rings. The highest BCUT2D eigenvalue weighted by Gasteiger charge is 2.25. The number of carbonyl (C=O) groups excluding carboxylic acids is 1. The molecule has 2 N–H and O–H groups in total. The Morgan fingerprint density at radius 3 is 2.67 bits per heavy atom. The van der Waals surface area contributed by atoms with E-state index in [1.54, 1.807) is 0 Å². The first-order valence-corrected chi connectivity index (χ1v) is 4.58. The van der Waals surface area contributed by atoms with Crippen molar-refractivity contribution in [3.63, 3.8) is 0 Å². The average Bonchev–Trinajstić information content (AvgIpc) is 2.61. The van der Waals surface area contributed by atoms with Gasteiger partial charge in [-0.05, 0) is 12.5 Å². The number of rotatable bonds is 1. The summed E-state index contributed by atoms with van der Waals surface area (Å²) in [4.78, 5) is 10.9. The molecule has 0 bridgehead atoms. The first-order chi connectivity index (χ1) is 7.09. The van der Waals surface area contributed by atoms with Crippen LogP contribution in [0.3, 0.4) is 0 Å². The van der Waals surface area contributed by atoms with Crippen molar-refractivity contribution in [3.05, 3.63) is 34.9 Å². The van der Waals surface area contributed by atoms with Crippen molar-refractivity contribution in [1.29, 1.82) is 0 Å². The van der Waals surface area contributed by atoms with E-state index in [2.05, 4.69) is 10.6 Å². The van der Waals surface area contributed by atoms with Crippen LogP contribution in [0.15, 0.2) is 12.1 Å². The van der Waals surface area contributed by atoms with Crippen molar-refractivity contribution in [2.24, 2.45) is 0 Å². The van der Waals surface area contributed by atoms with E-state index in [0.717, 1.165) is 0 Å². The van der Waals surface area contributed by atoms with Crippen LogP contribution in [0.5, 0.6) is 0 Å². The zero-order chi connectivity index (χ0) is 11.0. The van der Waals surface area contributed by atoms with Crippen LogP contribution >= 0.6 is 0 Å². The van der Waals surface area contributed by atoms with Crippen LogP contribution in [0.25, 0.3) is 0 Å². The van der Waals surface area contributed by atoms with Crippen molar-refractivity contribution in [2.75, 3.05) is 6.54 Å². The van der Waals surface area contributed by atoms with Gasteiger partial charge in [0.05, 0.1) is 6.04 Å². The van der Waals surface area contributed by atoms with Crippen LogP contribution in [0, 0.1) is 18.6 Å². The lowest BCUT2D eigenvalue weighted by Gasteiger charge is -2.11. The summed E-state index contributed by atoms with van der Waals surface area (Å²) in [6, 6.07) is 2.14. The third-order valence-electron chi connectivity index (χ3n) is 2.45. The molecule has 15 heavy (non-hydrogen) atoms. The van der Waals surface area contributed by atoms with Gasteiger partial charge in [0.25, 0.3) is 0 Å². The summed E-state index contributed by atoms with van der Waals surface area (Å²) in [5, 5.41) is 4.99. The molecule has 1 aromatic carbocycles. The normalized spacial score (nSPS) is 19.9. The fourth-order valence-electron chi connectivity index (χ4n) is 1.57. The van der Waals surface area contributed by atoms with Gasteiger partial charge in [-0.1, -0.05) is 12.1 Å². The maximum Gasteiger partial charge on any atom is 0.315 e. The molecule has 5 heteroatoms. The van der Waals surface area contributed by atoms with E-state index in [1.807, 2.05) is 0 Å². The smallest absolute Gasteiger partial charge is 0.315 e. The van der Waals surface area contributed by atoms with Crippen LogP contribution in [-0.2, 0) is 0 Å². The first kappa shape index (κ1) is 9.89. The van der Waals surface area contributed by atoms with E-state index in [4.69, 9.17) is 0 Å². The van der Waals surface area contributed by atoms with Crippen LogP contribution in [0.4, 0.5) is 13.6 Å². The average molecular weight is 212 g/mol. The Morgan fingerprint density at radius 1 is 1.33 bits per heavy atom. The number of carbonyl (C=O) groups is 1. The summed E-state index contributed by atoms with van der Waals surface area (Å²) in [7, 11) is 0. The van der Waals surface area contributed by atoms with E-state index in [-0.39, 0.29) is 23.7 Å². The van der Waals surface area contributed by atoms with Crippen LogP contribution in [0.2, 0.25) is 0 Å². The predicted molar refractivity (Wildman–Crippen MR) is 50.4 cm³/mol. The SMILES string of the molecule is Cc1ccc([C@H]2CNC(=O)N2)c(F)c1F. The summed E-state index contributed by atoms with van der Waals surface area (Å²) in [6.45, 7) is 1.77. The molecule has 0 saturated carbocycles. The van der Waals surface area contributed by atoms with Crippen LogP contribution in [-0.4, -0.2) is 12.6 Å². The molecule has 1 aliphatic heterocycles. The number of hydrogen-bond acceptors (Lipinski definition) is 1. The van der Waals surface area contributed by atoms with Crippen molar-refractivity contribution in [2.45, 2.75) is 13.0 Å². The maximum atomic E-state index is 13.5. The van der Waals surface area contributed by atoms with E-state index >= 15 is 0 Å². The molecule has 2 amide bonds. The monoisotopic (exact) mass is 212 g/mol. The molecule has 1 aliphatic rings. The van der Waals surface area contributed by atoms with Crippen molar-refractivity contribution >= 4 is 6.03 Å². The molecule has 1 heterocycles. The fraction of sp³-hybridized carbons (Fsp3) is 0.300. The predicted octanol–water partition coefficient (Wildman–Crippen LogP) is 1.63. The first-order valence-electron chi connectivity index (χ1n) is 4.58. The number of halogens is 2. The number of benzene rings is 1. The Hall–Kier alpha value is -1.65.